The van der Waals surface area contributed by atoms with Crippen molar-refractivity contribution in [1.82, 2.24) is 10.2 Å². The molecule has 0 saturated carbocycles. The molecule has 0 aliphatic carbocycles. The highest BCUT2D eigenvalue weighted by atomic mass is 32.2. The molecule has 1 aromatic carbocycles. The summed E-state index contributed by atoms with van der Waals surface area (Å²) in [5.74, 6) is 1.23. The maximum atomic E-state index is 12.7. The van der Waals surface area contributed by atoms with Crippen molar-refractivity contribution < 1.29 is 4.79 Å². The normalized spacial score (nSPS) is 18.5. The zero-order valence-corrected chi connectivity index (χ0v) is 13.4. The van der Waals surface area contributed by atoms with E-state index < -0.39 is 0 Å². The van der Waals surface area contributed by atoms with Gasteiger partial charge in [0.1, 0.15) is 0 Å². The second-order valence-corrected chi connectivity index (χ2v) is 6.78. The minimum absolute atomic E-state index is 0.239. The van der Waals surface area contributed by atoms with E-state index >= 15 is 0 Å². The van der Waals surface area contributed by atoms with Crippen molar-refractivity contribution in [3.05, 3.63) is 24.3 Å². The second-order valence-electron chi connectivity index (χ2n) is 5.64. The topological polar surface area (TPSA) is 35.6 Å². The molecular formula is C16H23N3OS. The van der Waals surface area contributed by atoms with Crippen LogP contribution in [0.4, 0.5) is 5.69 Å². The van der Waals surface area contributed by atoms with Gasteiger partial charge in [-0.2, -0.15) is 0 Å². The van der Waals surface area contributed by atoms with Crippen molar-refractivity contribution in [3.8, 4) is 0 Å². The van der Waals surface area contributed by atoms with Gasteiger partial charge in [0.15, 0.2) is 0 Å². The summed E-state index contributed by atoms with van der Waals surface area (Å²) in [4.78, 5) is 18.3. The van der Waals surface area contributed by atoms with Gasteiger partial charge in [-0.15, -0.1) is 11.8 Å². The summed E-state index contributed by atoms with van der Waals surface area (Å²) in [5.41, 5.74) is 1.09. The minimum atomic E-state index is 0.239. The molecule has 0 aromatic heterocycles. The molecule has 2 aliphatic rings. The number of fused-ring (bicyclic) bond motifs is 1. The van der Waals surface area contributed by atoms with Crippen molar-refractivity contribution in [3.63, 3.8) is 0 Å². The predicted molar refractivity (Wildman–Crippen MR) is 88.0 cm³/mol. The van der Waals surface area contributed by atoms with Crippen molar-refractivity contribution in [2.45, 2.75) is 24.3 Å². The first-order valence-electron chi connectivity index (χ1n) is 7.76. The first-order chi connectivity index (χ1) is 10.3. The molecule has 0 unspecified atom stereocenters. The third-order valence-corrected chi connectivity index (χ3v) is 5.20. The second kappa shape index (κ2) is 6.81. The molecule has 2 aliphatic heterocycles. The van der Waals surface area contributed by atoms with Gasteiger partial charge in [-0.3, -0.25) is 9.69 Å². The van der Waals surface area contributed by atoms with Gasteiger partial charge in [0, 0.05) is 36.3 Å². The Bertz CT molecular complexity index is 504. The fraction of sp³-hybridized carbons (Fsp3) is 0.562. The van der Waals surface area contributed by atoms with E-state index in [1.165, 1.54) is 4.90 Å². The first kappa shape index (κ1) is 14.9. The molecule has 1 saturated heterocycles. The Labute approximate surface area is 130 Å². The molecule has 1 amide bonds. The summed E-state index contributed by atoms with van der Waals surface area (Å²) in [7, 11) is 0. The number of nitrogens with one attached hydrogen (secondary N) is 1. The van der Waals surface area contributed by atoms with Crippen molar-refractivity contribution in [2.24, 2.45) is 0 Å². The van der Waals surface area contributed by atoms with Gasteiger partial charge < -0.3 is 10.2 Å². The molecule has 1 fully saturated rings. The van der Waals surface area contributed by atoms with E-state index in [0.717, 1.165) is 44.0 Å². The zero-order chi connectivity index (χ0) is 14.7. The number of benzene rings is 1. The summed E-state index contributed by atoms with van der Waals surface area (Å²) in [6.45, 7) is 6.57. The molecule has 0 radical (unpaired) electrons. The van der Waals surface area contributed by atoms with Crippen LogP contribution in [0.1, 0.15) is 13.3 Å². The van der Waals surface area contributed by atoms with Crippen molar-refractivity contribution >= 4 is 23.4 Å². The molecule has 0 spiro atoms. The number of hydrogen-bond donors (Lipinski definition) is 1. The van der Waals surface area contributed by atoms with Crippen molar-refractivity contribution in [2.75, 3.05) is 43.4 Å². The molecule has 21 heavy (non-hydrogen) atoms. The highest BCUT2D eigenvalue weighted by Gasteiger charge is 2.29. The van der Waals surface area contributed by atoms with E-state index in [9.17, 15) is 4.79 Å². The average molecular weight is 305 g/mol. The maximum absolute atomic E-state index is 12.7. The van der Waals surface area contributed by atoms with Gasteiger partial charge >= 0.3 is 0 Å². The standard InChI is InChI=1S/C16H23N3OS/c1-2-7-18(13-10-17-11-13)12-16(20)19-8-9-21-15-6-4-3-5-14(15)19/h3-6,13,17H,2,7-12H2,1H3. The van der Waals surface area contributed by atoms with Gasteiger partial charge in [0.25, 0.3) is 0 Å². The number of amides is 1. The zero-order valence-electron chi connectivity index (χ0n) is 12.5. The van der Waals surface area contributed by atoms with Crippen LogP contribution in [-0.2, 0) is 4.79 Å². The molecule has 2 heterocycles. The Morgan fingerprint density at radius 3 is 2.95 bits per heavy atom. The fourth-order valence-corrected chi connectivity index (χ4v) is 3.89. The lowest BCUT2D eigenvalue weighted by Crippen LogP contribution is -2.59. The Hall–Kier alpha value is -1.04. The van der Waals surface area contributed by atoms with Crippen molar-refractivity contribution in [1.29, 1.82) is 0 Å². The van der Waals surface area contributed by atoms with Crippen LogP contribution in [0.2, 0.25) is 0 Å². The Balaban J connectivity index is 1.70. The van der Waals surface area contributed by atoms with Gasteiger partial charge in [0.2, 0.25) is 5.91 Å². The third kappa shape index (κ3) is 3.25. The molecule has 114 valence electrons. The summed E-state index contributed by atoms with van der Waals surface area (Å²) in [5, 5.41) is 3.30. The molecule has 3 rings (SSSR count). The number of carbonyl (C=O) groups excluding carboxylic acids is 1. The number of thioether (sulfide) groups is 1. The first-order valence-corrected chi connectivity index (χ1v) is 8.75. The number of carbonyl (C=O) groups is 1. The Morgan fingerprint density at radius 1 is 1.43 bits per heavy atom. The number of nitrogens with zero attached hydrogens (tertiary/aromatic N) is 2. The average Bonchev–Trinajstić information content (AvgIpc) is 2.45. The number of hydrogen-bond acceptors (Lipinski definition) is 4. The van der Waals surface area contributed by atoms with Crippen LogP contribution in [0.25, 0.3) is 0 Å². The largest absolute Gasteiger partial charge is 0.314 e. The predicted octanol–water partition coefficient (Wildman–Crippen LogP) is 1.81. The fourth-order valence-electron chi connectivity index (χ4n) is 2.90. The minimum Gasteiger partial charge on any atom is -0.314 e. The lowest BCUT2D eigenvalue weighted by atomic mass is 10.1. The molecule has 0 atom stereocenters. The number of anilines is 1. The summed E-state index contributed by atoms with van der Waals surface area (Å²) >= 11 is 1.84. The quantitative estimate of drug-likeness (QED) is 0.900. The van der Waals surface area contributed by atoms with Crippen LogP contribution in [0.15, 0.2) is 29.2 Å². The Morgan fingerprint density at radius 2 is 2.24 bits per heavy atom. The summed E-state index contributed by atoms with van der Waals surface area (Å²) < 4.78 is 0. The lowest BCUT2D eigenvalue weighted by molar-refractivity contribution is -0.120. The highest BCUT2D eigenvalue weighted by Crippen LogP contribution is 2.34. The molecule has 1 aromatic rings. The van der Waals surface area contributed by atoms with Gasteiger partial charge in [-0.1, -0.05) is 19.1 Å². The molecule has 5 heteroatoms. The van der Waals surface area contributed by atoms with Crippen LogP contribution in [0.3, 0.4) is 0 Å². The van der Waals surface area contributed by atoms with E-state index in [0.29, 0.717) is 12.6 Å². The van der Waals surface area contributed by atoms with Gasteiger partial charge in [0.05, 0.1) is 12.2 Å². The molecule has 1 N–H and O–H groups in total. The van der Waals surface area contributed by atoms with E-state index in [4.69, 9.17) is 0 Å². The van der Waals surface area contributed by atoms with Crippen LogP contribution < -0.4 is 10.2 Å². The van der Waals surface area contributed by atoms with E-state index in [1.807, 2.05) is 28.8 Å². The third-order valence-electron chi connectivity index (χ3n) is 4.16. The maximum Gasteiger partial charge on any atom is 0.241 e. The van der Waals surface area contributed by atoms with Crippen LogP contribution >= 0.6 is 11.8 Å². The number of rotatable bonds is 5. The van der Waals surface area contributed by atoms with E-state index in [-0.39, 0.29) is 5.91 Å². The van der Waals surface area contributed by atoms with Crippen LogP contribution in [0, 0.1) is 0 Å². The van der Waals surface area contributed by atoms with Gasteiger partial charge in [-0.05, 0) is 25.1 Å². The van der Waals surface area contributed by atoms with E-state index in [1.54, 1.807) is 0 Å². The van der Waals surface area contributed by atoms with Crippen LogP contribution in [0.5, 0.6) is 0 Å². The Kier molecular flexibility index (Phi) is 4.83. The lowest BCUT2D eigenvalue weighted by Gasteiger charge is -2.39. The monoisotopic (exact) mass is 305 g/mol. The van der Waals surface area contributed by atoms with Crippen LogP contribution in [-0.4, -0.2) is 55.3 Å². The summed E-state index contributed by atoms with van der Waals surface area (Å²) in [6, 6.07) is 8.77. The molecular weight excluding hydrogens is 282 g/mol. The molecule has 4 nitrogen and oxygen atoms in total. The SMILES string of the molecule is CCCN(CC(=O)N1CCSc2ccccc21)C1CNC1. The highest BCUT2D eigenvalue weighted by molar-refractivity contribution is 7.99. The summed E-state index contributed by atoms with van der Waals surface area (Å²) in [6.07, 6.45) is 1.09. The smallest absolute Gasteiger partial charge is 0.241 e. The number of para-hydroxylation sites is 1. The molecule has 0 bridgehead atoms. The van der Waals surface area contributed by atoms with Gasteiger partial charge in [-0.25, -0.2) is 0 Å². The van der Waals surface area contributed by atoms with E-state index in [2.05, 4.69) is 29.3 Å².